The summed E-state index contributed by atoms with van der Waals surface area (Å²) in [7, 11) is 0. The second kappa shape index (κ2) is 23.9. The molecule has 2 heterocycles. The molecule has 6 nitrogen and oxygen atoms in total. The van der Waals surface area contributed by atoms with Crippen molar-refractivity contribution in [3.8, 4) is 11.4 Å². The molecule has 0 saturated heterocycles. The van der Waals surface area contributed by atoms with Gasteiger partial charge in [-0.05, 0) is 121 Å². The molecule has 0 bridgehead atoms. The van der Waals surface area contributed by atoms with Crippen LogP contribution in [0.2, 0.25) is 26.4 Å². The molecule has 3 aromatic carbocycles. The SMILES string of the molecule is Cc1c[c-]cc(C)c1.Cc1cc(C)cc(-c2nc(Cl)nc(Cl)n2)c1.Cc1cc(C)cc(Br)c1.Clc1nc(Cl)nc(Cl)n1.[Br-].[H-].[H-].[Mg+2].[Mg+2]. The van der Waals surface area contributed by atoms with Crippen LogP contribution in [-0.2, 0) is 0 Å². The Kier molecular flexibility index (Phi) is 24.8. The fourth-order valence-corrected chi connectivity index (χ4v) is 5.22. The fraction of sp³-hybridized carbons (Fsp3) is 0.200. The van der Waals surface area contributed by atoms with Crippen molar-refractivity contribution in [2.75, 3.05) is 0 Å². The number of benzene rings is 3. The first-order valence-corrected chi connectivity index (χ1v) is 14.9. The first-order valence-electron chi connectivity index (χ1n) is 12.3. The number of nitrogens with zero attached hydrogens (tertiary/aromatic N) is 6. The summed E-state index contributed by atoms with van der Waals surface area (Å²) in [4.78, 5) is 22.2. The molecule has 0 fully saturated rings. The van der Waals surface area contributed by atoms with Gasteiger partial charge in [0.05, 0.1) is 0 Å². The van der Waals surface area contributed by atoms with Crippen molar-refractivity contribution >= 4 is 120 Å². The van der Waals surface area contributed by atoms with E-state index >= 15 is 0 Å². The minimum atomic E-state index is 0. The van der Waals surface area contributed by atoms with Gasteiger partial charge in [-0.15, -0.1) is 0 Å². The molecule has 0 spiro atoms. The zero-order chi connectivity index (χ0) is 31.4. The van der Waals surface area contributed by atoms with Gasteiger partial charge in [-0.3, -0.25) is 0 Å². The van der Waals surface area contributed by atoms with Gasteiger partial charge in [0.15, 0.2) is 5.82 Å². The molecular formula is C30H29Br2Cl5Mg2N6. The van der Waals surface area contributed by atoms with Gasteiger partial charge in [-0.1, -0.05) is 53.0 Å². The zero-order valence-corrected chi connectivity index (χ0v) is 35.2. The van der Waals surface area contributed by atoms with Crippen molar-refractivity contribution in [2.45, 2.75) is 41.5 Å². The maximum Gasteiger partial charge on any atom is 2.00 e. The number of rotatable bonds is 1. The molecule has 0 aliphatic carbocycles. The minimum absolute atomic E-state index is 0. The van der Waals surface area contributed by atoms with Crippen LogP contribution in [0.4, 0.5) is 0 Å². The molecule has 0 aliphatic rings. The molecule has 0 unspecified atom stereocenters. The van der Waals surface area contributed by atoms with Crippen LogP contribution in [0.5, 0.6) is 0 Å². The molecular weight excluding hydrogens is 830 g/mol. The van der Waals surface area contributed by atoms with E-state index in [4.69, 9.17) is 58.0 Å². The summed E-state index contributed by atoms with van der Waals surface area (Å²) < 4.78 is 1.17. The summed E-state index contributed by atoms with van der Waals surface area (Å²) in [5.41, 5.74) is 8.35. The van der Waals surface area contributed by atoms with Crippen LogP contribution in [-0.4, -0.2) is 76.0 Å². The predicted molar refractivity (Wildman–Crippen MR) is 192 cm³/mol. The third kappa shape index (κ3) is 19.9. The Balaban J connectivity index is -0.000000264. The van der Waals surface area contributed by atoms with Crippen molar-refractivity contribution in [1.82, 2.24) is 29.9 Å². The second-order valence-corrected chi connectivity index (χ2v) is 11.7. The quantitative estimate of drug-likeness (QED) is 0.135. The Morgan fingerprint density at radius 2 is 0.778 bits per heavy atom. The summed E-state index contributed by atoms with van der Waals surface area (Å²) >= 11 is 30.8. The van der Waals surface area contributed by atoms with Gasteiger partial charge in [0.2, 0.25) is 26.4 Å². The van der Waals surface area contributed by atoms with Crippen LogP contribution >= 0.6 is 73.9 Å². The van der Waals surface area contributed by atoms with E-state index in [1.54, 1.807) is 0 Å². The molecule has 0 amide bonds. The van der Waals surface area contributed by atoms with Crippen LogP contribution in [0.25, 0.3) is 11.4 Å². The third-order valence-corrected chi connectivity index (χ3v) is 6.18. The normalized spacial score (nSPS) is 9.24. The molecule has 0 radical (unpaired) electrons. The number of hydrogen-bond acceptors (Lipinski definition) is 6. The van der Waals surface area contributed by atoms with Gasteiger partial charge in [-0.2, -0.15) is 65.3 Å². The van der Waals surface area contributed by atoms with Gasteiger partial charge < -0.3 is 19.8 Å². The van der Waals surface area contributed by atoms with Crippen molar-refractivity contribution in [3.05, 3.63) is 125 Å². The second-order valence-electron chi connectivity index (χ2n) is 9.11. The van der Waals surface area contributed by atoms with Gasteiger partial charge in [-0.25, -0.2) is 0 Å². The van der Waals surface area contributed by atoms with Crippen LogP contribution in [0.1, 0.15) is 36.2 Å². The molecule has 45 heavy (non-hydrogen) atoms. The zero-order valence-electron chi connectivity index (χ0n) is 27.4. The van der Waals surface area contributed by atoms with Gasteiger partial charge in [0.1, 0.15) is 0 Å². The summed E-state index contributed by atoms with van der Waals surface area (Å²) in [5, 5.41) is 0.211. The molecule has 0 N–H and O–H groups in total. The minimum Gasteiger partial charge on any atom is -1.00 e. The van der Waals surface area contributed by atoms with E-state index in [1.807, 2.05) is 38.1 Å². The first-order chi connectivity index (χ1) is 19.7. The maximum absolute atomic E-state index is 5.73. The van der Waals surface area contributed by atoms with E-state index in [1.165, 1.54) is 26.7 Å². The van der Waals surface area contributed by atoms with Crippen molar-refractivity contribution in [2.24, 2.45) is 0 Å². The van der Waals surface area contributed by atoms with E-state index in [-0.39, 0.29) is 92.4 Å². The fourth-order valence-electron chi connectivity index (χ4n) is 3.53. The summed E-state index contributed by atoms with van der Waals surface area (Å²) in [6, 6.07) is 21.5. The molecule has 0 aliphatic heterocycles. The van der Waals surface area contributed by atoms with Gasteiger partial charge in [0.25, 0.3) is 0 Å². The molecule has 232 valence electrons. The van der Waals surface area contributed by atoms with E-state index in [2.05, 4.69) is 110 Å². The summed E-state index contributed by atoms with van der Waals surface area (Å²) in [5.74, 6) is 0.497. The molecule has 0 atom stereocenters. The number of aromatic nitrogens is 6. The largest absolute Gasteiger partial charge is 2.00 e. The molecule has 0 saturated carbocycles. The van der Waals surface area contributed by atoms with Crippen molar-refractivity contribution in [3.63, 3.8) is 0 Å². The smallest absolute Gasteiger partial charge is 1.00 e. The Morgan fingerprint density at radius 1 is 0.489 bits per heavy atom. The van der Waals surface area contributed by atoms with Crippen LogP contribution in [0.3, 0.4) is 0 Å². The van der Waals surface area contributed by atoms with Crippen molar-refractivity contribution in [1.29, 1.82) is 0 Å². The average Bonchev–Trinajstić information content (AvgIpc) is 2.82. The standard InChI is InChI=1S/C11H9Cl2N3.C8H9Br.C8H9.C3Cl3N3.BrH.2Mg.2H/c1-6-3-7(2)5-8(4-6)9-14-10(12)16-11(13)15-9;1-6-3-7(2)5-8(9)4-6;1-7-4-3-5-8(2)6-7;4-1-7-2(5)9-3(6)8-1;;;;;/h3-5H,1-2H3;3-5H,1-2H3;4-6H,1-2H3;;1H;;;;/q;;-1;;;2*+2;2*-1/p-1. The van der Waals surface area contributed by atoms with E-state index in [0.29, 0.717) is 5.82 Å². The number of halogens is 7. The Labute approximate surface area is 344 Å². The number of aryl methyl sites for hydroxylation is 6. The molecule has 5 aromatic rings. The van der Waals surface area contributed by atoms with E-state index < -0.39 is 0 Å². The van der Waals surface area contributed by atoms with E-state index in [0.717, 1.165) is 16.7 Å². The van der Waals surface area contributed by atoms with E-state index in [9.17, 15) is 0 Å². The van der Waals surface area contributed by atoms with Crippen LogP contribution in [0.15, 0.2) is 59.1 Å². The van der Waals surface area contributed by atoms with Gasteiger partial charge in [0, 0.05) is 10.0 Å². The Bertz CT molecular complexity index is 1410. The molecule has 2 aromatic heterocycles. The Morgan fingerprint density at radius 3 is 1.07 bits per heavy atom. The number of hydrogen-bond donors (Lipinski definition) is 0. The van der Waals surface area contributed by atoms with Crippen molar-refractivity contribution < 1.29 is 19.8 Å². The average molecular weight is 859 g/mol. The summed E-state index contributed by atoms with van der Waals surface area (Å²) in [6.07, 6.45) is 0. The topological polar surface area (TPSA) is 77.3 Å². The monoisotopic (exact) mass is 854 g/mol. The Hall–Kier alpha value is -0.378. The predicted octanol–water partition coefficient (Wildman–Crippen LogP) is 6.93. The van der Waals surface area contributed by atoms with Crippen LogP contribution in [0, 0.1) is 47.6 Å². The summed E-state index contributed by atoms with van der Waals surface area (Å²) in [6.45, 7) is 12.4. The third-order valence-electron chi connectivity index (χ3n) is 4.88. The first kappa shape index (κ1) is 46.7. The van der Waals surface area contributed by atoms with Gasteiger partial charge >= 0.3 is 46.1 Å². The molecule has 15 heteroatoms. The molecule has 5 rings (SSSR count). The maximum atomic E-state index is 5.73. The van der Waals surface area contributed by atoms with Crippen LogP contribution < -0.4 is 17.0 Å².